The number of nitrogens with two attached hydrogens (primary N) is 1. The lowest BCUT2D eigenvalue weighted by molar-refractivity contribution is -0.384. The van der Waals surface area contributed by atoms with Crippen molar-refractivity contribution in [3.8, 4) is 22.9 Å². The zero-order valence-electron chi connectivity index (χ0n) is 20.5. The number of ether oxygens (including phenoxy) is 2. The molecule has 0 unspecified atom stereocenters. The molecule has 11 nitrogen and oxygen atoms in total. The highest BCUT2D eigenvalue weighted by Gasteiger charge is 2.16. The first kappa shape index (κ1) is 27.5. The summed E-state index contributed by atoms with van der Waals surface area (Å²) in [6.07, 6.45) is 0. The van der Waals surface area contributed by atoms with Crippen LogP contribution in [-0.4, -0.2) is 32.7 Å². The van der Waals surface area contributed by atoms with E-state index in [1.54, 1.807) is 48.5 Å². The number of carbonyl (C=O) groups is 1. The molecule has 200 valence electrons. The SMILES string of the molecule is CCOc1ccc(Oc2cc(NC(=O)CSc3nc(=O)cc(N)n3-c3ccc(Cl)cc3)cc([N+](=O)[O-])c2)cc1. The Bertz CT molecular complexity index is 1560. The quantitative estimate of drug-likeness (QED) is 0.112. The molecule has 0 aliphatic carbocycles. The Hall–Kier alpha value is -4.55. The third kappa shape index (κ3) is 7.27. The van der Waals surface area contributed by atoms with Gasteiger partial charge in [-0.05, 0) is 55.5 Å². The number of nitrogen functional groups attached to an aromatic ring is 1. The number of rotatable bonds is 10. The number of benzene rings is 3. The number of nitrogens with zero attached hydrogens (tertiary/aromatic N) is 3. The van der Waals surface area contributed by atoms with Crippen molar-refractivity contribution >= 4 is 46.5 Å². The minimum absolute atomic E-state index is 0.134. The number of nitrogens with one attached hydrogen (secondary N) is 1. The molecule has 0 saturated heterocycles. The maximum atomic E-state index is 12.8. The second-order valence-electron chi connectivity index (χ2n) is 7.93. The van der Waals surface area contributed by atoms with E-state index in [0.29, 0.717) is 28.8 Å². The van der Waals surface area contributed by atoms with Crippen LogP contribution in [0.2, 0.25) is 5.02 Å². The predicted octanol–water partition coefficient (Wildman–Crippen LogP) is 5.30. The molecule has 0 aliphatic heterocycles. The van der Waals surface area contributed by atoms with Crippen molar-refractivity contribution < 1.29 is 19.2 Å². The predicted molar refractivity (Wildman–Crippen MR) is 149 cm³/mol. The molecule has 1 heterocycles. The average molecular weight is 568 g/mol. The summed E-state index contributed by atoms with van der Waals surface area (Å²) in [5, 5.41) is 14.8. The highest BCUT2D eigenvalue weighted by atomic mass is 35.5. The fourth-order valence-electron chi connectivity index (χ4n) is 3.48. The number of nitro groups is 1. The van der Waals surface area contributed by atoms with Crippen molar-refractivity contribution in [2.24, 2.45) is 0 Å². The molecule has 0 aliphatic rings. The fourth-order valence-corrected chi connectivity index (χ4v) is 4.43. The van der Waals surface area contributed by atoms with Gasteiger partial charge in [0.15, 0.2) is 5.16 Å². The summed E-state index contributed by atoms with van der Waals surface area (Å²) >= 11 is 6.94. The standard InChI is InChI=1S/C26H22ClN5O6S/c1-2-37-20-7-9-21(10-8-20)38-22-12-17(11-19(13-22)32(35)36)29-25(34)15-39-26-30-24(33)14-23(28)31(26)18-5-3-16(27)4-6-18/h3-14H,2,15,28H2,1H3,(H,29,34). The summed E-state index contributed by atoms with van der Waals surface area (Å²) in [4.78, 5) is 39.7. The van der Waals surface area contributed by atoms with Crippen LogP contribution < -0.4 is 26.1 Å². The van der Waals surface area contributed by atoms with Gasteiger partial charge in [-0.15, -0.1) is 0 Å². The summed E-state index contributed by atoms with van der Waals surface area (Å²) < 4.78 is 12.7. The fraction of sp³-hybridized carbons (Fsp3) is 0.115. The van der Waals surface area contributed by atoms with Crippen LogP contribution in [0.3, 0.4) is 0 Å². The van der Waals surface area contributed by atoms with E-state index in [4.69, 9.17) is 26.8 Å². The van der Waals surface area contributed by atoms with Crippen LogP contribution >= 0.6 is 23.4 Å². The molecule has 0 saturated carbocycles. The molecule has 0 spiro atoms. The third-order valence-electron chi connectivity index (χ3n) is 5.10. The highest BCUT2D eigenvalue weighted by molar-refractivity contribution is 7.99. The lowest BCUT2D eigenvalue weighted by Gasteiger charge is -2.15. The molecule has 1 aromatic heterocycles. The minimum atomic E-state index is -0.586. The molecule has 39 heavy (non-hydrogen) atoms. The zero-order chi connectivity index (χ0) is 27.9. The van der Waals surface area contributed by atoms with Gasteiger partial charge in [0.05, 0.1) is 29.0 Å². The Morgan fingerprint density at radius 1 is 1.08 bits per heavy atom. The van der Waals surface area contributed by atoms with E-state index in [0.717, 1.165) is 11.8 Å². The highest BCUT2D eigenvalue weighted by Crippen LogP contribution is 2.31. The summed E-state index contributed by atoms with van der Waals surface area (Å²) in [6.45, 7) is 2.38. The number of aromatic nitrogens is 2. The van der Waals surface area contributed by atoms with E-state index in [2.05, 4.69) is 10.3 Å². The molecule has 3 aromatic carbocycles. The Morgan fingerprint density at radius 2 is 1.77 bits per heavy atom. The molecule has 4 rings (SSSR count). The summed E-state index contributed by atoms with van der Waals surface area (Å²) in [5.41, 5.74) is 5.99. The van der Waals surface area contributed by atoms with Crippen molar-refractivity contribution in [3.05, 3.63) is 98.3 Å². The molecule has 0 radical (unpaired) electrons. The van der Waals surface area contributed by atoms with Gasteiger partial charge in [0.1, 0.15) is 23.1 Å². The number of hydrogen-bond acceptors (Lipinski definition) is 9. The molecule has 0 fully saturated rings. The smallest absolute Gasteiger partial charge is 0.275 e. The van der Waals surface area contributed by atoms with Crippen molar-refractivity contribution in [1.29, 1.82) is 0 Å². The lowest BCUT2D eigenvalue weighted by Crippen LogP contribution is -2.19. The summed E-state index contributed by atoms with van der Waals surface area (Å²) in [7, 11) is 0. The monoisotopic (exact) mass is 567 g/mol. The first-order valence-corrected chi connectivity index (χ1v) is 12.9. The Balaban J connectivity index is 1.51. The number of halogens is 1. The van der Waals surface area contributed by atoms with Gasteiger partial charge in [-0.2, -0.15) is 4.98 Å². The third-order valence-corrected chi connectivity index (χ3v) is 6.29. The molecule has 0 bridgehead atoms. The number of hydrogen-bond donors (Lipinski definition) is 2. The van der Waals surface area contributed by atoms with Crippen LogP contribution in [0.5, 0.6) is 17.2 Å². The zero-order valence-corrected chi connectivity index (χ0v) is 22.1. The normalized spacial score (nSPS) is 10.6. The van der Waals surface area contributed by atoms with Crippen LogP contribution in [0.4, 0.5) is 17.2 Å². The summed E-state index contributed by atoms with van der Waals surface area (Å²) in [5.74, 6) is 0.721. The Morgan fingerprint density at radius 3 is 2.44 bits per heavy atom. The average Bonchev–Trinajstić information content (AvgIpc) is 2.89. The van der Waals surface area contributed by atoms with E-state index in [1.165, 1.54) is 28.8 Å². The first-order valence-electron chi connectivity index (χ1n) is 11.5. The molecule has 13 heteroatoms. The van der Waals surface area contributed by atoms with Gasteiger partial charge in [0.25, 0.3) is 11.2 Å². The van der Waals surface area contributed by atoms with Crippen LogP contribution in [0.25, 0.3) is 5.69 Å². The molecule has 4 aromatic rings. The van der Waals surface area contributed by atoms with Gasteiger partial charge in [-0.3, -0.25) is 24.3 Å². The number of carbonyl (C=O) groups excluding carboxylic acids is 1. The molecular formula is C26H22ClN5O6S. The second kappa shape index (κ2) is 12.3. The van der Waals surface area contributed by atoms with E-state index >= 15 is 0 Å². The maximum absolute atomic E-state index is 12.8. The molecule has 0 atom stereocenters. The minimum Gasteiger partial charge on any atom is -0.494 e. The van der Waals surface area contributed by atoms with E-state index in [1.807, 2.05) is 6.92 Å². The molecule has 3 N–H and O–H groups in total. The molecular weight excluding hydrogens is 546 g/mol. The van der Waals surface area contributed by atoms with Gasteiger partial charge in [0, 0.05) is 28.9 Å². The Kier molecular flexibility index (Phi) is 8.69. The number of nitro benzene ring substituents is 1. The largest absolute Gasteiger partial charge is 0.494 e. The van der Waals surface area contributed by atoms with Gasteiger partial charge >= 0.3 is 0 Å². The van der Waals surface area contributed by atoms with Gasteiger partial charge in [-0.1, -0.05) is 23.4 Å². The van der Waals surface area contributed by atoms with E-state index in [9.17, 15) is 19.7 Å². The number of thioether (sulfide) groups is 1. The van der Waals surface area contributed by atoms with Gasteiger partial charge in [0.2, 0.25) is 5.91 Å². The number of amides is 1. The summed E-state index contributed by atoms with van der Waals surface area (Å²) in [6, 6.07) is 18.6. The number of non-ortho nitro benzene ring substituents is 1. The van der Waals surface area contributed by atoms with Crippen molar-refractivity contribution in [3.63, 3.8) is 0 Å². The lowest BCUT2D eigenvalue weighted by atomic mass is 10.2. The molecule has 1 amide bonds. The first-order chi connectivity index (χ1) is 18.7. The topological polar surface area (TPSA) is 152 Å². The van der Waals surface area contributed by atoms with Crippen molar-refractivity contribution in [2.75, 3.05) is 23.4 Å². The van der Waals surface area contributed by atoms with Gasteiger partial charge < -0.3 is 20.5 Å². The van der Waals surface area contributed by atoms with Crippen molar-refractivity contribution in [1.82, 2.24) is 9.55 Å². The van der Waals surface area contributed by atoms with Crippen LogP contribution in [0.15, 0.2) is 82.7 Å². The Labute approximate surface area is 231 Å². The van der Waals surface area contributed by atoms with Crippen LogP contribution in [0.1, 0.15) is 6.92 Å². The van der Waals surface area contributed by atoms with Crippen LogP contribution in [0, 0.1) is 10.1 Å². The maximum Gasteiger partial charge on any atom is 0.275 e. The van der Waals surface area contributed by atoms with E-state index < -0.39 is 16.4 Å². The number of anilines is 2. The van der Waals surface area contributed by atoms with Crippen molar-refractivity contribution in [2.45, 2.75) is 12.1 Å². The van der Waals surface area contributed by atoms with E-state index in [-0.39, 0.29) is 33.9 Å². The van der Waals surface area contributed by atoms with Gasteiger partial charge in [-0.25, -0.2) is 0 Å². The second-order valence-corrected chi connectivity index (χ2v) is 9.31. The van der Waals surface area contributed by atoms with Crippen LogP contribution in [-0.2, 0) is 4.79 Å².